The van der Waals surface area contributed by atoms with Crippen molar-refractivity contribution in [2.45, 2.75) is 39.2 Å². The summed E-state index contributed by atoms with van der Waals surface area (Å²) in [4.78, 5) is 36.2. The maximum absolute atomic E-state index is 12.4. The van der Waals surface area contributed by atoms with Crippen LogP contribution in [-0.2, 0) is 20.7 Å². The first kappa shape index (κ1) is 23.4. The standard InChI is InChI=1S/C22H26BrN3O4/c1-22(2,3)30-21(29)24-13-12-19(27)25-17-6-4-5-7-18(17)26-20(28)14-15-8-10-16(23)11-9-15/h4-11H,12-14H2,1-3H3,(H,24,29)(H,25,27)(H,26,28). The van der Waals surface area contributed by atoms with Gasteiger partial charge in [0, 0.05) is 17.4 Å². The molecule has 0 aliphatic rings. The van der Waals surface area contributed by atoms with Gasteiger partial charge in [-0.3, -0.25) is 9.59 Å². The second-order valence-corrected chi connectivity index (χ2v) is 8.54. The van der Waals surface area contributed by atoms with E-state index < -0.39 is 11.7 Å². The fraction of sp³-hybridized carbons (Fsp3) is 0.318. The topological polar surface area (TPSA) is 96.5 Å². The molecule has 0 saturated carbocycles. The van der Waals surface area contributed by atoms with Crippen LogP contribution in [0.15, 0.2) is 53.0 Å². The molecule has 0 aliphatic heterocycles. The van der Waals surface area contributed by atoms with Crippen molar-refractivity contribution >= 4 is 45.2 Å². The second-order valence-electron chi connectivity index (χ2n) is 7.62. The number of hydrogen-bond donors (Lipinski definition) is 3. The number of nitrogens with one attached hydrogen (secondary N) is 3. The first-order valence-corrected chi connectivity index (χ1v) is 10.3. The van der Waals surface area contributed by atoms with E-state index in [-0.39, 0.29) is 31.2 Å². The van der Waals surface area contributed by atoms with E-state index in [2.05, 4.69) is 31.9 Å². The molecular formula is C22H26BrN3O4. The number of anilines is 2. The van der Waals surface area contributed by atoms with Crippen LogP contribution < -0.4 is 16.0 Å². The highest BCUT2D eigenvalue weighted by Crippen LogP contribution is 2.21. The van der Waals surface area contributed by atoms with Crippen LogP contribution in [0.2, 0.25) is 0 Å². The average Bonchev–Trinajstić information content (AvgIpc) is 2.64. The van der Waals surface area contributed by atoms with Crippen LogP contribution in [-0.4, -0.2) is 30.1 Å². The molecule has 2 rings (SSSR count). The van der Waals surface area contributed by atoms with Crippen molar-refractivity contribution in [3.8, 4) is 0 Å². The predicted octanol–water partition coefficient (Wildman–Crippen LogP) is 4.48. The lowest BCUT2D eigenvalue weighted by Crippen LogP contribution is -2.34. The Labute approximate surface area is 184 Å². The normalized spacial score (nSPS) is 10.8. The highest BCUT2D eigenvalue weighted by atomic mass is 79.9. The van der Waals surface area contributed by atoms with Crippen LogP contribution in [0, 0.1) is 0 Å². The van der Waals surface area contributed by atoms with Crippen molar-refractivity contribution in [2.75, 3.05) is 17.2 Å². The summed E-state index contributed by atoms with van der Waals surface area (Å²) in [6.45, 7) is 5.43. The van der Waals surface area contributed by atoms with Gasteiger partial charge in [0.25, 0.3) is 0 Å². The molecular weight excluding hydrogens is 450 g/mol. The second kappa shape index (κ2) is 10.8. The monoisotopic (exact) mass is 475 g/mol. The number of benzene rings is 2. The number of rotatable bonds is 7. The molecule has 0 heterocycles. The molecule has 0 spiro atoms. The van der Waals surface area contributed by atoms with Crippen molar-refractivity contribution in [1.82, 2.24) is 5.32 Å². The van der Waals surface area contributed by atoms with E-state index in [0.717, 1.165) is 10.0 Å². The number of carbonyl (C=O) groups excluding carboxylic acids is 3. The Morgan fingerprint density at radius 1 is 0.900 bits per heavy atom. The van der Waals surface area contributed by atoms with Gasteiger partial charge in [-0.1, -0.05) is 40.2 Å². The number of halogens is 1. The first-order chi connectivity index (χ1) is 14.1. The molecule has 8 heteroatoms. The van der Waals surface area contributed by atoms with Crippen molar-refractivity contribution in [2.24, 2.45) is 0 Å². The molecule has 0 bridgehead atoms. The maximum Gasteiger partial charge on any atom is 0.407 e. The van der Waals surface area contributed by atoms with Crippen LogP contribution in [0.25, 0.3) is 0 Å². The minimum absolute atomic E-state index is 0.0699. The zero-order valence-corrected chi connectivity index (χ0v) is 18.8. The highest BCUT2D eigenvalue weighted by molar-refractivity contribution is 9.10. The largest absolute Gasteiger partial charge is 0.444 e. The van der Waals surface area contributed by atoms with E-state index in [0.29, 0.717) is 11.4 Å². The third-order valence-corrected chi connectivity index (χ3v) is 4.30. The number of carbonyl (C=O) groups is 3. The van der Waals surface area contributed by atoms with E-state index in [1.807, 2.05) is 24.3 Å². The van der Waals surface area contributed by atoms with Crippen molar-refractivity contribution in [3.05, 3.63) is 58.6 Å². The summed E-state index contributed by atoms with van der Waals surface area (Å²) >= 11 is 3.37. The zero-order chi connectivity index (χ0) is 22.1. The van der Waals surface area contributed by atoms with Crippen LogP contribution in [0.1, 0.15) is 32.8 Å². The first-order valence-electron chi connectivity index (χ1n) is 9.52. The minimum Gasteiger partial charge on any atom is -0.444 e. The molecule has 0 aliphatic carbocycles. The quantitative estimate of drug-likeness (QED) is 0.549. The van der Waals surface area contributed by atoms with E-state index in [1.165, 1.54) is 0 Å². The summed E-state index contributed by atoms with van der Waals surface area (Å²) in [6.07, 6.45) is -0.286. The van der Waals surface area contributed by atoms with Gasteiger partial charge in [-0.2, -0.15) is 0 Å². The Morgan fingerprint density at radius 3 is 2.03 bits per heavy atom. The molecule has 30 heavy (non-hydrogen) atoms. The molecule has 0 saturated heterocycles. The molecule has 2 aromatic rings. The smallest absolute Gasteiger partial charge is 0.407 e. The lowest BCUT2D eigenvalue weighted by atomic mass is 10.1. The zero-order valence-electron chi connectivity index (χ0n) is 17.3. The Kier molecular flexibility index (Phi) is 8.41. The Hall–Kier alpha value is -2.87. The van der Waals surface area contributed by atoms with E-state index in [9.17, 15) is 14.4 Å². The molecule has 3 N–H and O–H groups in total. The number of hydrogen-bond acceptors (Lipinski definition) is 4. The lowest BCUT2D eigenvalue weighted by Gasteiger charge is -2.19. The lowest BCUT2D eigenvalue weighted by molar-refractivity contribution is -0.116. The minimum atomic E-state index is -0.597. The third kappa shape index (κ3) is 8.65. The fourth-order valence-electron chi connectivity index (χ4n) is 2.49. The van der Waals surface area contributed by atoms with Gasteiger partial charge in [0.05, 0.1) is 17.8 Å². The number of para-hydroxylation sites is 2. The summed E-state index contributed by atoms with van der Waals surface area (Å²) in [6, 6.07) is 14.4. The Balaban J connectivity index is 1.86. The van der Waals surface area contributed by atoms with Crippen molar-refractivity contribution in [3.63, 3.8) is 0 Å². The van der Waals surface area contributed by atoms with E-state index in [4.69, 9.17) is 4.74 Å². The summed E-state index contributed by atoms with van der Waals surface area (Å²) in [5.74, 6) is -0.480. The molecule has 0 fully saturated rings. The Morgan fingerprint density at radius 2 is 1.47 bits per heavy atom. The van der Waals surface area contributed by atoms with Gasteiger partial charge < -0.3 is 20.7 Å². The van der Waals surface area contributed by atoms with Gasteiger partial charge in [0.2, 0.25) is 11.8 Å². The number of alkyl carbamates (subject to hydrolysis) is 1. The highest BCUT2D eigenvalue weighted by Gasteiger charge is 2.16. The van der Waals surface area contributed by atoms with Gasteiger partial charge >= 0.3 is 6.09 Å². The van der Waals surface area contributed by atoms with E-state index in [1.54, 1.807) is 45.0 Å². The summed E-state index contributed by atoms with van der Waals surface area (Å²) in [5, 5.41) is 8.12. The molecule has 0 aromatic heterocycles. The molecule has 7 nitrogen and oxygen atoms in total. The summed E-state index contributed by atoms with van der Waals surface area (Å²) in [7, 11) is 0. The third-order valence-electron chi connectivity index (χ3n) is 3.77. The van der Waals surface area contributed by atoms with Gasteiger partial charge in [0.1, 0.15) is 5.60 Å². The van der Waals surface area contributed by atoms with Crippen LogP contribution >= 0.6 is 15.9 Å². The fourth-order valence-corrected chi connectivity index (χ4v) is 2.75. The molecule has 0 unspecified atom stereocenters. The summed E-state index contributed by atoms with van der Waals surface area (Å²) < 4.78 is 6.07. The molecule has 3 amide bonds. The summed E-state index contributed by atoms with van der Waals surface area (Å²) in [5.41, 5.74) is 1.28. The average molecular weight is 476 g/mol. The Bertz CT molecular complexity index is 892. The van der Waals surface area contributed by atoms with Crippen LogP contribution in [0.4, 0.5) is 16.2 Å². The predicted molar refractivity (Wildman–Crippen MR) is 120 cm³/mol. The van der Waals surface area contributed by atoms with Crippen molar-refractivity contribution < 1.29 is 19.1 Å². The van der Waals surface area contributed by atoms with Gasteiger partial charge in [0.15, 0.2) is 0 Å². The molecule has 0 radical (unpaired) electrons. The van der Waals surface area contributed by atoms with Gasteiger partial charge in [-0.25, -0.2) is 4.79 Å². The molecule has 0 atom stereocenters. The number of ether oxygens (including phenoxy) is 1. The molecule has 2 aromatic carbocycles. The van der Waals surface area contributed by atoms with Gasteiger partial charge in [-0.15, -0.1) is 0 Å². The SMILES string of the molecule is CC(C)(C)OC(=O)NCCC(=O)Nc1ccccc1NC(=O)Cc1ccc(Br)cc1. The van der Waals surface area contributed by atoms with Crippen LogP contribution in [0.3, 0.4) is 0 Å². The maximum atomic E-state index is 12.4. The van der Waals surface area contributed by atoms with Gasteiger partial charge in [-0.05, 0) is 50.6 Å². The van der Waals surface area contributed by atoms with E-state index >= 15 is 0 Å². The van der Waals surface area contributed by atoms with Crippen molar-refractivity contribution in [1.29, 1.82) is 0 Å². The van der Waals surface area contributed by atoms with Crippen LogP contribution in [0.5, 0.6) is 0 Å². The number of amides is 3. The molecule has 160 valence electrons.